The molecule has 0 fully saturated rings. The van der Waals surface area contributed by atoms with Crippen LogP contribution in [0.25, 0.3) is 0 Å². The van der Waals surface area contributed by atoms with Gasteiger partial charge in [-0.3, -0.25) is 0 Å². The lowest BCUT2D eigenvalue weighted by atomic mass is 10.3. The molecule has 2 nitrogen and oxygen atoms in total. The molecule has 0 saturated carbocycles. The van der Waals surface area contributed by atoms with Crippen LogP contribution in [0, 0.1) is 5.82 Å². The molecule has 0 saturated heterocycles. The molecule has 0 atom stereocenters. The van der Waals surface area contributed by atoms with Gasteiger partial charge in [-0.25, -0.2) is 4.39 Å². The Labute approximate surface area is 62.2 Å². The van der Waals surface area contributed by atoms with E-state index in [1.807, 2.05) is 5.48 Å². The first-order valence-electron chi connectivity index (χ1n) is 2.62. The van der Waals surface area contributed by atoms with E-state index < -0.39 is 5.82 Å². The Morgan fingerprint density at radius 2 is 2.20 bits per heavy atom. The highest BCUT2D eigenvalue weighted by Gasteiger charge is 2.01. The summed E-state index contributed by atoms with van der Waals surface area (Å²) in [6, 6.07) is 4.07. The molecule has 54 valence electrons. The van der Waals surface area contributed by atoms with Crippen molar-refractivity contribution in [1.29, 1.82) is 0 Å². The highest BCUT2D eigenvalue weighted by atomic mass is 35.5. The van der Waals surface area contributed by atoms with Crippen molar-refractivity contribution in [3.63, 3.8) is 0 Å². The van der Waals surface area contributed by atoms with Crippen LogP contribution < -0.4 is 5.48 Å². The van der Waals surface area contributed by atoms with Gasteiger partial charge in [-0.05, 0) is 18.2 Å². The summed E-state index contributed by atoms with van der Waals surface area (Å²) < 4.78 is 12.6. The van der Waals surface area contributed by atoms with Crippen molar-refractivity contribution >= 4 is 17.3 Å². The molecule has 0 aliphatic rings. The standard InChI is InChI=1S/C6H5ClFNO/c7-4-1-2-6(9-10)5(8)3-4/h1-3,9-10H/p+1. The van der Waals surface area contributed by atoms with Crippen LogP contribution in [0.3, 0.4) is 0 Å². The van der Waals surface area contributed by atoms with E-state index in [0.29, 0.717) is 5.02 Å². The van der Waals surface area contributed by atoms with Gasteiger partial charge >= 0.3 is 0 Å². The third-order valence-corrected chi connectivity index (χ3v) is 1.30. The average molecular weight is 163 g/mol. The first-order chi connectivity index (χ1) is 4.74. The lowest BCUT2D eigenvalue weighted by molar-refractivity contribution is 0.384. The van der Waals surface area contributed by atoms with E-state index >= 15 is 0 Å². The zero-order chi connectivity index (χ0) is 7.56. The van der Waals surface area contributed by atoms with Gasteiger partial charge in [0.05, 0.1) is 0 Å². The number of anilines is 1. The van der Waals surface area contributed by atoms with Gasteiger partial charge < -0.3 is 5.21 Å². The molecule has 0 heterocycles. The van der Waals surface area contributed by atoms with Crippen LogP contribution in [0.1, 0.15) is 0 Å². The van der Waals surface area contributed by atoms with Crippen molar-refractivity contribution in [2.75, 3.05) is 5.48 Å². The number of halogens is 2. The molecule has 3 N–H and O–H groups in total. The molecule has 1 aromatic rings. The summed E-state index contributed by atoms with van der Waals surface area (Å²) in [5, 5.41) is 6.95. The van der Waals surface area contributed by atoms with Crippen LogP contribution in [-0.4, -0.2) is 5.21 Å². The van der Waals surface area contributed by atoms with Crippen molar-refractivity contribution < 1.29 is 9.60 Å². The third-order valence-electron chi connectivity index (χ3n) is 1.07. The number of nitrogens with one attached hydrogen (secondary N) is 1. The highest BCUT2D eigenvalue weighted by Crippen LogP contribution is 2.17. The van der Waals surface area contributed by atoms with Gasteiger partial charge in [-0.15, -0.1) is 0 Å². The van der Waals surface area contributed by atoms with Gasteiger partial charge in [-0.1, -0.05) is 11.6 Å². The molecule has 0 amide bonds. The highest BCUT2D eigenvalue weighted by molar-refractivity contribution is 6.30. The second-order valence-corrected chi connectivity index (χ2v) is 2.19. The van der Waals surface area contributed by atoms with Crippen molar-refractivity contribution in [1.82, 2.24) is 0 Å². The van der Waals surface area contributed by atoms with E-state index in [0.717, 1.165) is 6.07 Å². The van der Waals surface area contributed by atoms with E-state index in [9.17, 15) is 4.39 Å². The summed E-state index contributed by atoms with van der Waals surface area (Å²) in [4.78, 5) is 0. The van der Waals surface area contributed by atoms with E-state index in [-0.39, 0.29) is 5.69 Å². The van der Waals surface area contributed by atoms with Crippen LogP contribution in [-0.2, 0) is 0 Å². The van der Waals surface area contributed by atoms with E-state index in [1.165, 1.54) is 12.1 Å². The summed E-state index contributed by atoms with van der Waals surface area (Å²) >= 11 is 5.44. The van der Waals surface area contributed by atoms with Crippen LogP contribution in [0.5, 0.6) is 0 Å². The molecule has 0 bridgehead atoms. The maximum atomic E-state index is 12.6. The van der Waals surface area contributed by atoms with Crippen molar-refractivity contribution in [3.05, 3.63) is 29.0 Å². The predicted molar refractivity (Wildman–Crippen MR) is 38.6 cm³/mol. The number of rotatable bonds is 1. The molecular formula is C6H6ClFNO+. The summed E-state index contributed by atoms with van der Waals surface area (Å²) in [5.41, 5.74) is 2.07. The maximum Gasteiger partial charge on any atom is 0.154 e. The summed E-state index contributed by atoms with van der Waals surface area (Å²) in [6.45, 7) is 0. The number of benzene rings is 1. The van der Waals surface area contributed by atoms with Crippen molar-refractivity contribution in [3.8, 4) is 0 Å². The molecule has 0 radical (unpaired) electrons. The Balaban J connectivity index is 3.07. The quantitative estimate of drug-likeness (QED) is 0.493. The molecule has 0 aliphatic carbocycles. The van der Waals surface area contributed by atoms with Gasteiger partial charge in [0.25, 0.3) is 0 Å². The summed E-state index contributed by atoms with van der Waals surface area (Å²) in [7, 11) is 0. The van der Waals surface area contributed by atoms with Crippen LogP contribution in [0.4, 0.5) is 10.1 Å². The Morgan fingerprint density at radius 1 is 1.50 bits per heavy atom. The third kappa shape index (κ3) is 1.37. The maximum absolute atomic E-state index is 12.6. The lowest BCUT2D eigenvalue weighted by Gasteiger charge is -1.96. The Bertz CT molecular complexity index is 241. The van der Waals surface area contributed by atoms with E-state index in [2.05, 4.69) is 0 Å². The van der Waals surface area contributed by atoms with Gasteiger partial charge in [0.2, 0.25) is 0 Å². The van der Waals surface area contributed by atoms with Gasteiger partial charge in [0.15, 0.2) is 5.82 Å². The summed E-state index contributed by atoms with van der Waals surface area (Å²) in [5.74, 6) is -0.512. The monoisotopic (exact) mass is 162 g/mol. The second kappa shape index (κ2) is 2.86. The Morgan fingerprint density at radius 3 is 2.70 bits per heavy atom. The molecule has 0 aromatic heterocycles. The van der Waals surface area contributed by atoms with Crippen LogP contribution in [0.15, 0.2) is 18.2 Å². The fourth-order valence-corrected chi connectivity index (χ4v) is 0.750. The molecular weight excluding hydrogens is 157 g/mol. The first-order valence-corrected chi connectivity index (χ1v) is 2.99. The number of hydrogen-bond acceptors (Lipinski definition) is 1. The minimum absolute atomic E-state index is 0.129. The lowest BCUT2D eigenvalue weighted by Crippen LogP contribution is -1.91. The fraction of sp³-hybridized carbons (Fsp3) is 0. The molecule has 4 heteroatoms. The van der Waals surface area contributed by atoms with Gasteiger partial charge in [0, 0.05) is 5.02 Å². The van der Waals surface area contributed by atoms with Crippen LogP contribution in [0.2, 0.25) is 5.02 Å². The van der Waals surface area contributed by atoms with Crippen molar-refractivity contribution in [2.24, 2.45) is 0 Å². The molecule has 1 rings (SSSR count). The topological polar surface area (TPSA) is 34.9 Å². The number of hydrogen-bond donors (Lipinski definition) is 1. The predicted octanol–water partition coefficient (Wildman–Crippen LogP) is 1.53. The largest absolute Gasteiger partial charge is 0.313 e. The SMILES string of the molecule is [OH2+]Nc1ccc(Cl)cc1F. The molecule has 0 aliphatic heterocycles. The molecule has 0 unspecified atom stereocenters. The van der Waals surface area contributed by atoms with Crippen LogP contribution >= 0.6 is 11.6 Å². The zero-order valence-corrected chi connectivity index (χ0v) is 5.74. The van der Waals surface area contributed by atoms with Gasteiger partial charge in [-0.2, -0.15) is 5.48 Å². The second-order valence-electron chi connectivity index (χ2n) is 1.75. The first kappa shape index (κ1) is 7.31. The van der Waals surface area contributed by atoms with Gasteiger partial charge in [0.1, 0.15) is 5.69 Å². The average Bonchev–Trinajstić information content (AvgIpc) is 1.88. The van der Waals surface area contributed by atoms with Crippen molar-refractivity contribution in [2.45, 2.75) is 0 Å². The fourth-order valence-electron chi connectivity index (χ4n) is 0.591. The summed E-state index contributed by atoms with van der Waals surface area (Å²) in [6.07, 6.45) is 0. The molecule has 1 aromatic carbocycles. The Hall–Kier alpha value is -0.800. The molecule has 0 spiro atoms. The van der Waals surface area contributed by atoms with E-state index in [1.54, 1.807) is 0 Å². The zero-order valence-electron chi connectivity index (χ0n) is 4.99. The molecule has 10 heavy (non-hydrogen) atoms. The minimum atomic E-state index is -0.512. The minimum Gasteiger partial charge on any atom is -0.313 e. The van der Waals surface area contributed by atoms with E-state index in [4.69, 9.17) is 16.8 Å². The normalized spacial score (nSPS) is 9.50. The Kier molecular flexibility index (Phi) is 2.09. The smallest absolute Gasteiger partial charge is 0.154 e.